The molecule has 17 valence electrons. The first-order valence-corrected chi connectivity index (χ1v) is 0. The predicted octanol–water partition coefficient (Wildman–Crippen LogP) is -1.50. The average molecular weight is 256 g/mol. The Morgan fingerprint density at radius 2 is 1.25 bits per heavy atom. The van der Waals surface area contributed by atoms with Crippen molar-refractivity contribution in [1.29, 1.82) is 0 Å². The topological polar surface area (TPSA) is 0 Å². The molecule has 0 fully saturated rings. The first-order valence-electron chi connectivity index (χ1n) is 0. The molecule has 0 aliphatic rings. The van der Waals surface area contributed by atoms with E-state index in [9.17, 15) is 0 Å². The summed E-state index contributed by atoms with van der Waals surface area (Å²) in [5.41, 5.74) is 0. The van der Waals surface area contributed by atoms with Crippen LogP contribution in [0.2, 0.25) is 0 Å². The van der Waals surface area contributed by atoms with Gasteiger partial charge in [-0.2, -0.15) is 0 Å². The van der Waals surface area contributed by atoms with Crippen LogP contribution in [0.15, 0.2) is 0 Å². The van der Waals surface area contributed by atoms with Crippen molar-refractivity contribution >= 4 is 104 Å². The van der Waals surface area contributed by atoms with Crippen LogP contribution in [0.4, 0.5) is 0 Å². The zero-order valence-electron chi connectivity index (χ0n) is 5.99. The molecule has 0 aromatic heterocycles. The standard InChI is InChI=1S/Al.Ba.Ca.Sc.7H/q;2*+2;;;;;4*-1. The normalized spacial score (nSPS) is 0. The quantitative estimate of drug-likeness (QED) is 0.463. The maximum atomic E-state index is 0. The summed E-state index contributed by atoms with van der Waals surface area (Å²) in [4.78, 5) is 0. The van der Waals surface area contributed by atoms with Gasteiger partial charge in [0.05, 0.1) is 0 Å². The molecule has 0 aliphatic heterocycles. The predicted molar refractivity (Wildman–Crippen MR) is 25.9 cm³/mol. The molecule has 0 aromatic carbocycles. The monoisotopic (exact) mass is 257 g/mol. The maximum Gasteiger partial charge on any atom is 2.00 e. The third-order valence-corrected chi connectivity index (χ3v) is 0. The van der Waals surface area contributed by atoms with Gasteiger partial charge in [0.25, 0.3) is 0 Å². The molecule has 1 radical (unpaired) electrons. The minimum atomic E-state index is 0. The van der Waals surface area contributed by atoms with E-state index in [4.69, 9.17) is 0 Å². The van der Waals surface area contributed by atoms with Gasteiger partial charge < -0.3 is 5.71 Å². The van der Waals surface area contributed by atoms with Crippen molar-refractivity contribution in [3.8, 4) is 0 Å². The average Bonchev–Trinajstić information content (AvgIpc) is 0. The van der Waals surface area contributed by atoms with Gasteiger partial charge in [-0.1, -0.05) is 0 Å². The van der Waals surface area contributed by atoms with Gasteiger partial charge in [0, 0.05) is 25.8 Å². The van der Waals surface area contributed by atoms with Gasteiger partial charge in [0.2, 0.25) is 0 Å². The second kappa shape index (κ2) is 15.7. The van der Waals surface area contributed by atoms with E-state index in [0.29, 0.717) is 0 Å². The van der Waals surface area contributed by atoms with Gasteiger partial charge in [0.15, 0.2) is 17.4 Å². The molecule has 0 heterocycles. The van der Waals surface area contributed by atoms with Crippen molar-refractivity contribution in [3.63, 3.8) is 0 Å². The van der Waals surface area contributed by atoms with E-state index < -0.39 is 0 Å². The molecule has 4 heteroatoms. The Balaban J connectivity index is 0. The molecular weight excluding hydrogens is 249 g/mol. The second-order valence-electron chi connectivity index (χ2n) is 0. The van der Waals surface area contributed by atoms with Crippen molar-refractivity contribution in [2.75, 3.05) is 0 Å². The molecule has 0 spiro atoms. The summed E-state index contributed by atoms with van der Waals surface area (Å²) in [7, 11) is 0. The summed E-state index contributed by atoms with van der Waals surface area (Å²) in [5, 5.41) is 0. The van der Waals surface area contributed by atoms with Crippen LogP contribution in [-0.4, -0.2) is 104 Å². The van der Waals surface area contributed by atoms with Crippen LogP contribution in [0.3, 0.4) is 0 Å². The first kappa shape index (κ1) is 24.0. The minimum absolute atomic E-state index is 0. The summed E-state index contributed by atoms with van der Waals surface area (Å²) in [6.07, 6.45) is 0. The Labute approximate surface area is 132 Å². The molecule has 0 aromatic rings. The Kier molecular flexibility index (Phi) is 94.2. The van der Waals surface area contributed by atoms with Gasteiger partial charge in [-0.25, -0.2) is 0 Å². The summed E-state index contributed by atoms with van der Waals surface area (Å²) in [6.45, 7) is 0. The molecule has 0 saturated heterocycles. The van der Waals surface area contributed by atoms with Crippen LogP contribution in [-0.2, 0) is 25.8 Å². The van der Waals surface area contributed by atoms with Crippen molar-refractivity contribution in [1.82, 2.24) is 0 Å². The fourth-order valence-electron chi connectivity index (χ4n) is 0. The number of rotatable bonds is 0. The SMILES string of the molecule is [AlH3].[Ba+2].[Ca+2].[H-].[H-].[H-].[H-].[Sc]. The molecule has 0 unspecified atom stereocenters. The van der Waals surface area contributed by atoms with Gasteiger partial charge in [-0.05, 0) is 0 Å². The number of hydrogen-bond acceptors (Lipinski definition) is 0. The van der Waals surface area contributed by atoms with Crippen LogP contribution in [0.1, 0.15) is 5.71 Å². The maximum absolute atomic E-state index is 0. The van der Waals surface area contributed by atoms with E-state index in [-0.39, 0.29) is 136 Å². The van der Waals surface area contributed by atoms with Crippen molar-refractivity contribution in [3.05, 3.63) is 0 Å². The smallest absolute Gasteiger partial charge is 1.00 e. The van der Waals surface area contributed by atoms with Crippen LogP contribution < -0.4 is 0 Å². The fourth-order valence-corrected chi connectivity index (χ4v) is 0. The van der Waals surface area contributed by atoms with Crippen molar-refractivity contribution in [2.45, 2.75) is 0 Å². The zero-order valence-corrected chi connectivity index (χ0v) is 10.4. The van der Waals surface area contributed by atoms with Crippen molar-refractivity contribution in [2.24, 2.45) is 0 Å². The van der Waals surface area contributed by atoms with Gasteiger partial charge in [0.1, 0.15) is 0 Å². The van der Waals surface area contributed by atoms with Gasteiger partial charge in [-0.3, -0.25) is 0 Å². The Morgan fingerprint density at radius 1 is 1.25 bits per heavy atom. The summed E-state index contributed by atoms with van der Waals surface area (Å²) in [5.74, 6) is 0. The van der Waals surface area contributed by atoms with E-state index >= 15 is 0 Å². The molecule has 0 nitrogen and oxygen atoms in total. The molecule has 0 rings (SSSR count). The van der Waals surface area contributed by atoms with E-state index in [1.165, 1.54) is 0 Å². The largest absolute Gasteiger partial charge is 2.00 e. The molecule has 0 saturated carbocycles. The van der Waals surface area contributed by atoms with Crippen LogP contribution in [0, 0.1) is 0 Å². The third kappa shape index (κ3) is 9.53. The molecule has 0 amide bonds. The van der Waals surface area contributed by atoms with Crippen molar-refractivity contribution < 1.29 is 31.5 Å². The molecule has 4 heavy (non-hydrogen) atoms. The Hall–Kier alpha value is 4.23. The molecular formula is H7AlBaCaSc. The molecule has 0 atom stereocenters. The van der Waals surface area contributed by atoms with E-state index in [0.717, 1.165) is 0 Å². The van der Waals surface area contributed by atoms with E-state index in [1.807, 2.05) is 0 Å². The van der Waals surface area contributed by atoms with E-state index in [2.05, 4.69) is 0 Å². The molecule has 0 N–H and O–H groups in total. The summed E-state index contributed by atoms with van der Waals surface area (Å²) < 4.78 is 0. The summed E-state index contributed by atoms with van der Waals surface area (Å²) >= 11 is 0. The van der Waals surface area contributed by atoms with E-state index in [1.54, 1.807) is 0 Å². The summed E-state index contributed by atoms with van der Waals surface area (Å²) in [6, 6.07) is 0. The third-order valence-electron chi connectivity index (χ3n) is 0. The fraction of sp³-hybridized carbons (Fsp3) is 0. The number of hydrogen-bond donors (Lipinski definition) is 0. The minimum Gasteiger partial charge on any atom is -1.00 e. The molecule has 0 aliphatic carbocycles. The zero-order chi connectivity index (χ0) is 0. The van der Waals surface area contributed by atoms with Gasteiger partial charge in [-0.15, -0.1) is 0 Å². The Morgan fingerprint density at radius 3 is 1.25 bits per heavy atom. The first-order chi connectivity index (χ1) is 0. The van der Waals surface area contributed by atoms with Crippen LogP contribution in [0.5, 0.6) is 0 Å². The Bertz CT molecular complexity index is 16.0. The molecule has 0 bridgehead atoms. The van der Waals surface area contributed by atoms with Crippen LogP contribution in [0.25, 0.3) is 0 Å². The second-order valence-corrected chi connectivity index (χ2v) is 0. The van der Waals surface area contributed by atoms with Gasteiger partial charge >= 0.3 is 86.6 Å². The van der Waals surface area contributed by atoms with Crippen LogP contribution >= 0.6 is 0 Å².